The van der Waals surface area contributed by atoms with Crippen molar-refractivity contribution in [3.8, 4) is 0 Å². The Hall–Kier alpha value is -1.30. The summed E-state index contributed by atoms with van der Waals surface area (Å²) in [4.78, 5) is 0. The predicted octanol–water partition coefficient (Wildman–Crippen LogP) is 3.13. The van der Waals surface area contributed by atoms with E-state index in [4.69, 9.17) is 0 Å². The Labute approximate surface area is 78.2 Å². The maximum Gasteiger partial charge on any atom is -0.0119 e. The third-order valence-corrected chi connectivity index (χ3v) is 2.89. The summed E-state index contributed by atoms with van der Waals surface area (Å²) in [7, 11) is 0. The van der Waals surface area contributed by atoms with Crippen LogP contribution in [0.3, 0.4) is 0 Å². The fourth-order valence-electron chi connectivity index (χ4n) is 2.31. The van der Waals surface area contributed by atoms with Crippen LogP contribution < -0.4 is 0 Å². The molecule has 0 N–H and O–H groups in total. The molecular weight excluding hydrogens is 156 g/mol. The van der Waals surface area contributed by atoms with Gasteiger partial charge in [0, 0.05) is 0 Å². The summed E-state index contributed by atoms with van der Waals surface area (Å²) >= 11 is 0. The van der Waals surface area contributed by atoms with Gasteiger partial charge in [0.1, 0.15) is 0 Å². The van der Waals surface area contributed by atoms with Crippen LogP contribution in [-0.2, 0) is 12.8 Å². The highest BCUT2D eigenvalue weighted by atomic mass is 14.1. The second-order valence-electron chi connectivity index (χ2n) is 3.72. The van der Waals surface area contributed by atoms with Crippen LogP contribution in [0.2, 0.25) is 0 Å². The van der Waals surface area contributed by atoms with E-state index in [-0.39, 0.29) is 0 Å². The van der Waals surface area contributed by atoms with Gasteiger partial charge in [0.05, 0.1) is 0 Å². The van der Waals surface area contributed by atoms with Crippen molar-refractivity contribution in [3.63, 3.8) is 0 Å². The van der Waals surface area contributed by atoms with Crippen molar-refractivity contribution in [1.29, 1.82) is 0 Å². The van der Waals surface area contributed by atoms with Crippen LogP contribution in [0.15, 0.2) is 30.3 Å². The topological polar surface area (TPSA) is 0 Å². The molecule has 0 spiro atoms. The number of rotatable bonds is 0. The van der Waals surface area contributed by atoms with Gasteiger partial charge in [-0.05, 0) is 53.3 Å². The lowest BCUT2D eigenvalue weighted by Crippen LogP contribution is -2.00. The summed E-state index contributed by atoms with van der Waals surface area (Å²) < 4.78 is 0. The maximum atomic E-state index is 3.22. The molecule has 0 atom stereocenters. The average molecular weight is 167 g/mol. The van der Waals surface area contributed by atoms with Crippen molar-refractivity contribution < 1.29 is 0 Å². The van der Waals surface area contributed by atoms with Crippen molar-refractivity contribution in [2.45, 2.75) is 19.3 Å². The monoisotopic (exact) mass is 167 g/mol. The van der Waals surface area contributed by atoms with Crippen molar-refractivity contribution in [2.24, 2.45) is 0 Å². The van der Waals surface area contributed by atoms with Crippen LogP contribution in [-0.4, -0.2) is 0 Å². The zero-order chi connectivity index (χ0) is 8.67. The molecule has 1 aliphatic rings. The molecule has 13 heavy (non-hydrogen) atoms. The average Bonchev–Trinajstić information content (AvgIpc) is 2.19. The summed E-state index contributed by atoms with van der Waals surface area (Å²) in [6.07, 6.45) is 3.77. The Bertz CT molecular complexity index is 416. The Kier molecular flexibility index (Phi) is 1.42. The molecule has 2 aromatic rings. The Balaban J connectivity index is 2.49. The standard InChI is InChI=1S/C13H11/c1-4-10-6-2-8-12-9-3-7-11(5-1)13(10)12/h1,4-5,7,9H,2,6,8H2. The van der Waals surface area contributed by atoms with Crippen LogP contribution in [0.4, 0.5) is 0 Å². The lowest BCUT2D eigenvalue weighted by molar-refractivity contribution is 0.808. The van der Waals surface area contributed by atoms with Gasteiger partial charge in [0.15, 0.2) is 0 Å². The van der Waals surface area contributed by atoms with E-state index in [2.05, 4.69) is 36.4 Å². The van der Waals surface area contributed by atoms with E-state index in [1.165, 1.54) is 41.2 Å². The molecule has 1 radical (unpaired) electrons. The minimum Gasteiger partial charge on any atom is -0.0614 e. The summed E-state index contributed by atoms with van der Waals surface area (Å²) in [6.45, 7) is 0. The normalized spacial score (nSPS) is 14.8. The molecule has 63 valence electrons. The summed E-state index contributed by atoms with van der Waals surface area (Å²) in [6, 6.07) is 14.0. The molecule has 0 heteroatoms. The highest BCUT2D eigenvalue weighted by Gasteiger charge is 2.10. The van der Waals surface area contributed by atoms with Gasteiger partial charge in [-0.25, -0.2) is 0 Å². The Morgan fingerprint density at radius 1 is 1.00 bits per heavy atom. The molecular formula is C13H11. The molecule has 0 nitrogen and oxygen atoms in total. The van der Waals surface area contributed by atoms with Gasteiger partial charge in [-0.3, -0.25) is 0 Å². The van der Waals surface area contributed by atoms with E-state index in [9.17, 15) is 0 Å². The molecule has 2 aromatic carbocycles. The third kappa shape index (κ3) is 0.983. The molecule has 3 rings (SSSR count). The van der Waals surface area contributed by atoms with Gasteiger partial charge in [0.25, 0.3) is 0 Å². The van der Waals surface area contributed by atoms with Crippen LogP contribution >= 0.6 is 0 Å². The molecule has 1 aliphatic carbocycles. The molecule has 0 aliphatic heterocycles. The minimum atomic E-state index is 1.23. The Morgan fingerprint density at radius 3 is 2.92 bits per heavy atom. The van der Waals surface area contributed by atoms with Crippen LogP contribution in [0.1, 0.15) is 17.5 Å². The zero-order valence-corrected chi connectivity index (χ0v) is 7.51. The second-order valence-corrected chi connectivity index (χ2v) is 3.72. The highest BCUT2D eigenvalue weighted by Crippen LogP contribution is 2.28. The minimum absolute atomic E-state index is 1.23. The summed E-state index contributed by atoms with van der Waals surface area (Å²) in [5.41, 5.74) is 3.01. The van der Waals surface area contributed by atoms with Crippen LogP contribution in [0.5, 0.6) is 0 Å². The molecule has 0 saturated heterocycles. The first-order chi connectivity index (χ1) is 6.45. The first kappa shape index (κ1) is 7.14. The fourth-order valence-corrected chi connectivity index (χ4v) is 2.31. The maximum absolute atomic E-state index is 3.22. The Morgan fingerprint density at radius 2 is 1.92 bits per heavy atom. The molecule has 0 aromatic heterocycles. The lowest BCUT2D eigenvalue weighted by Gasteiger charge is -2.16. The van der Waals surface area contributed by atoms with Gasteiger partial charge in [0.2, 0.25) is 0 Å². The van der Waals surface area contributed by atoms with Gasteiger partial charge < -0.3 is 0 Å². The SMILES string of the molecule is [c]1cc2c3c(cccc3c1)CCC2. The number of hydrogen-bond acceptors (Lipinski definition) is 0. The number of hydrogen-bond donors (Lipinski definition) is 0. The quantitative estimate of drug-likeness (QED) is 0.565. The number of aryl methyl sites for hydroxylation is 2. The van der Waals surface area contributed by atoms with Crippen molar-refractivity contribution in [2.75, 3.05) is 0 Å². The van der Waals surface area contributed by atoms with Crippen LogP contribution in [0, 0.1) is 6.07 Å². The molecule has 0 saturated carbocycles. The summed E-state index contributed by atoms with van der Waals surface area (Å²) in [5, 5.41) is 2.85. The third-order valence-electron chi connectivity index (χ3n) is 2.89. The molecule has 0 bridgehead atoms. The van der Waals surface area contributed by atoms with E-state index in [0.717, 1.165) is 0 Å². The zero-order valence-electron chi connectivity index (χ0n) is 7.51. The number of benzene rings is 2. The predicted molar refractivity (Wildman–Crippen MR) is 54.8 cm³/mol. The van der Waals surface area contributed by atoms with E-state index in [1.807, 2.05) is 0 Å². The molecule has 0 amide bonds. The van der Waals surface area contributed by atoms with E-state index in [1.54, 1.807) is 0 Å². The summed E-state index contributed by atoms with van der Waals surface area (Å²) in [5.74, 6) is 0. The van der Waals surface area contributed by atoms with E-state index < -0.39 is 0 Å². The molecule has 0 fully saturated rings. The fraction of sp³-hybridized carbons (Fsp3) is 0.231. The molecule has 0 heterocycles. The molecule has 0 unspecified atom stereocenters. The van der Waals surface area contributed by atoms with Gasteiger partial charge >= 0.3 is 0 Å². The van der Waals surface area contributed by atoms with Gasteiger partial charge in [-0.2, -0.15) is 0 Å². The van der Waals surface area contributed by atoms with Gasteiger partial charge in [-0.15, -0.1) is 0 Å². The van der Waals surface area contributed by atoms with E-state index in [0.29, 0.717) is 0 Å². The first-order valence-electron chi connectivity index (χ1n) is 4.86. The largest absolute Gasteiger partial charge is 0.0614 e. The lowest BCUT2D eigenvalue weighted by atomic mass is 9.89. The first-order valence-corrected chi connectivity index (χ1v) is 4.86. The van der Waals surface area contributed by atoms with Crippen molar-refractivity contribution in [3.05, 3.63) is 47.5 Å². The highest BCUT2D eigenvalue weighted by molar-refractivity contribution is 5.89. The van der Waals surface area contributed by atoms with Crippen LogP contribution in [0.25, 0.3) is 10.8 Å². The van der Waals surface area contributed by atoms with Crippen molar-refractivity contribution >= 4 is 10.8 Å². The van der Waals surface area contributed by atoms with Crippen molar-refractivity contribution in [1.82, 2.24) is 0 Å². The second kappa shape index (κ2) is 2.59. The smallest absolute Gasteiger partial charge is 0.0119 e. The van der Waals surface area contributed by atoms with E-state index >= 15 is 0 Å². The van der Waals surface area contributed by atoms with Gasteiger partial charge in [-0.1, -0.05) is 24.3 Å².